The molecule has 16 heavy (non-hydrogen) atoms. The van der Waals surface area contributed by atoms with Crippen LogP contribution in [0.1, 0.15) is 23.0 Å². The Morgan fingerprint density at radius 3 is 2.62 bits per heavy atom. The van der Waals surface area contributed by atoms with Crippen LogP contribution in [0.5, 0.6) is 0 Å². The maximum Gasteiger partial charge on any atom is 0.0727 e. The third-order valence-corrected chi connectivity index (χ3v) is 2.67. The standard InChI is InChI=1S/C13H13ClN2/c1-9-4-2-7-12(16-9)13(15)10-5-3-6-11(14)8-10/h2-8,13H,15H2,1H3. The van der Waals surface area contributed by atoms with Gasteiger partial charge in [-0.05, 0) is 36.8 Å². The van der Waals surface area contributed by atoms with Crippen LogP contribution in [0, 0.1) is 6.92 Å². The third-order valence-electron chi connectivity index (χ3n) is 2.44. The molecule has 0 aliphatic heterocycles. The van der Waals surface area contributed by atoms with Gasteiger partial charge in [0, 0.05) is 10.7 Å². The van der Waals surface area contributed by atoms with Gasteiger partial charge < -0.3 is 5.73 Å². The van der Waals surface area contributed by atoms with Gasteiger partial charge in [-0.25, -0.2) is 0 Å². The number of nitrogens with zero attached hydrogens (tertiary/aromatic N) is 1. The second-order valence-corrected chi connectivity index (χ2v) is 4.17. The Balaban J connectivity index is 2.35. The summed E-state index contributed by atoms with van der Waals surface area (Å²) in [6.45, 7) is 1.95. The van der Waals surface area contributed by atoms with E-state index in [4.69, 9.17) is 17.3 Å². The van der Waals surface area contributed by atoms with Gasteiger partial charge in [-0.15, -0.1) is 0 Å². The molecule has 0 aliphatic rings. The summed E-state index contributed by atoms with van der Waals surface area (Å²) < 4.78 is 0. The van der Waals surface area contributed by atoms with Gasteiger partial charge in [0.25, 0.3) is 0 Å². The lowest BCUT2D eigenvalue weighted by molar-refractivity contribution is 0.821. The Kier molecular flexibility index (Phi) is 3.22. The van der Waals surface area contributed by atoms with Crippen molar-refractivity contribution in [3.8, 4) is 0 Å². The van der Waals surface area contributed by atoms with Crippen molar-refractivity contribution in [2.24, 2.45) is 5.73 Å². The Labute approximate surface area is 100 Å². The van der Waals surface area contributed by atoms with Gasteiger partial charge in [-0.3, -0.25) is 4.98 Å². The van der Waals surface area contributed by atoms with Crippen LogP contribution in [0.3, 0.4) is 0 Å². The molecule has 2 rings (SSSR count). The van der Waals surface area contributed by atoms with E-state index in [1.165, 1.54) is 0 Å². The number of halogens is 1. The average molecular weight is 233 g/mol. The van der Waals surface area contributed by atoms with Gasteiger partial charge in [0.05, 0.1) is 11.7 Å². The Hall–Kier alpha value is -1.38. The van der Waals surface area contributed by atoms with Crippen LogP contribution in [-0.2, 0) is 0 Å². The molecule has 0 bridgehead atoms. The first-order valence-corrected chi connectivity index (χ1v) is 5.49. The zero-order chi connectivity index (χ0) is 11.5. The van der Waals surface area contributed by atoms with Gasteiger partial charge >= 0.3 is 0 Å². The van der Waals surface area contributed by atoms with E-state index in [0.29, 0.717) is 5.02 Å². The first-order chi connectivity index (χ1) is 7.66. The molecule has 1 heterocycles. The Morgan fingerprint density at radius 2 is 1.94 bits per heavy atom. The van der Waals surface area contributed by atoms with Gasteiger partial charge in [-0.2, -0.15) is 0 Å². The van der Waals surface area contributed by atoms with E-state index in [2.05, 4.69) is 4.98 Å². The van der Waals surface area contributed by atoms with Crippen LogP contribution in [0.4, 0.5) is 0 Å². The highest BCUT2D eigenvalue weighted by atomic mass is 35.5. The van der Waals surface area contributed by atoms with Gasteiger partial charge in [0.15, 0.2) is 0 Å². The molecular formula is C13H13ClN2. The molecule has 1 aromatic carbocycles. The molecule has 2 nitrogen and oxygen atoms in total. The van der Waals surface area contributed by atoms with E-state index in [0.717, 1.165) is 17.0 Å². The highest BCUT2D eigenvalue weighted by Crippen LogP contribution is 2.20. The minimum Gasteiger partial charge on any atom is -0.319 e. The maximum atomic E-state index is 6.13. The molecule has 0 radical (unpaired) electrons. The summed E-state index contributed by atoms with van der Waals surface area (Å²) >= 11 is 5.93. The summed E-state index contributed by atoms with van der Waals surface area (Å²) in [6, 6.07) is 13.2. The van der Waals surface area contributed by atoms with Crippen molar-refractivity contribution in [3.63, 3.8) is 0 Å². The van der Waals surface area contributed by atoms with Crippen LogP contribution >= 0.6 is 11.6 Å². The molecule has 82 valence electrons. The van der Waals surface area contributed by atoms with Crippen molar-refractivity contribution in [2.75, 3.05) is 0 Å². The molecule has 3 heteroatoms. The van der Waals surface area contributed by atoms with E-state index in [9.17, 15) is 0 Å². The molecule has 0 fully saturated rings. The maximum absolute atomic E-state index is 6.13. The van der Waals surface area contributed by atoms with E-state index in [1.54, 1.807) is 0 Å². The fourth-order valence-electron chi connectivity index (χ4n) is 1.61. The predicted octanol–water partition coefficient (Wildman–Crippen LogP) is 3.09. The Bertz CT molecular complexity index is 451. The smallest absolute Gasteiger partial charge is 0.0727 e. The normalized spacial score (nSPS) is 12.4. The number of hydrogen-bond acceptors (Lipinski definition) is 2. The van der Waals surface area contributed by atoms with Crippen LogP contribution in [0.2, 0.25) is 5.02 Å². The average Bonchev–Trinajstić information content (AvgIpc) is 2.28. The molecule has 1 atom stereocenters. The second kappa shape index (κ2) is 4.64. The van der Waals surface area contributed by atoms with Crippen molar-refractivity contribution in [3.05, 3.63) is 64.4 Å². The van der Waals surface area contributed by atoms with Crippen LogP contribution in [0.25, 0.3) is 0 Å². The summed E-state index contributed by atoms with van der Waals surface area (Å²) in [5.41, 5.74) is 8.94. The van der Waals surface area contributed by atoms with Crippen molar-refractivity contribution >= 4 is 11.6 Å². The highest BCUT2D eigenvalue weighted by molar-refractivity contribution is 6.30. The zero-order valence-electron chi connectivity index (χ0n) is 9.02. The van der Waals surface area contributed by atoms with Crippen molar-refractivity contribution in [1.82, 2.24) is 4.98 Å². The highest BCUT2D eigenvalue weighted by Gasteiger charge is 2.10. The molecule has 2 aromatic rings. The molecule has 1 aromatic heterocycles. The van der Waals surface area contributed by atoms with Crippen LogP contribution in [-0.4, -0.2) is 4.98 Å². The fourth-order valence-corrected chi connectivity index (χ4v) is 1.81. The quantitative estimate of drug-likeness (QED) is 0.864. The molecule has 0 spiro atoms. The molecule has 0 amide bonds. The third kappa shape index (κ3) is 2.40. The van der Waals surface area contributed by atoms with Crippen molar-refractivity contribution in [1.29, 1.82) is 0 Å². The molecule has 0 saturated carbocycles. The van der Waals surface area contributed by atoms with Gasteiger partial charge in [0.1, 0.15) is 0 Å². The zero-order valence-corrected chi connectivity index (χ0v) is 9.78. The molecule has 2 N–H and O–H groups in total. The summed E-state index contributed by atoms with van der Waals surface area (Å²) in [5, 5.41) is 0.695. The lowest BCUT2D eigenvalue weighted by Gasteiger charge is -2.12. The number of benzene rings is 1. The first kappa shape index (κ1) is 11.1. The summed E-state index contributed by atoms with van der Waals surface area (Å²) in [5.74, 6) is 0. The first-order valence-electron chi connectivity index (χ1n) is 5.11. The second-order valence-electron chi connectivity index (χ2n) is 3.74. The largest absolute Gasteiger partial charge is 0.319 e. The summed E-state index contributed by atoms with van der Waals surface area (Å²) in [4.78, 5) is 4.41. The molecule has 0 saturated heterocycles. The van der Waals surface area contributed by atoms with Gasteiger partial charge in [-0.1, -0.05) is 29.8 Å². The van der Waals surface area contributed by atoms with E-state index >= 15 is 0 Å². The van der Waals surface area contributed by atoms with Crippen molar-refractivity contribution in [2.45, 2.75) is 13.0 Å². The molecule has 0 aliphatic carbocycles. The Morgan fingerprint density at radius 1 is 1.19 bits per heavy atom. The molecular weight excluding hydrogens is 220 g/mol. The predicted molar refractivity (Wildman–Crippen MR) is 66.5 cm³/mol. The van der Waals surface area contributed by atoms with Crippen LogP contribution < -0.4 is 5.73 Å². The lowest BCUT2D eigenvalue weighted by Crippen LogP contribution is -2.13. The number of pyridine rings is 1. The van der Waals surface area contributed by atoms with E-state index in [-0.39, 0.29) is 6.04 Å². The lowest BCUT2D eigenvalue weighted by atomic mass is 10.0. The topological polar surface area (TPSA) is 38.9 Å². The number of aryl methyl sites for hydroxylation is 1. The van der Waals surface area contributed by atoms with E-state index < -0.39 is 0 Å². The minimum atomic E-state index is -0.224. The summed E-state index contributed by atoms with van der Waals surface area (Å²) in [7, 11) is 0. The number of rotatable bonds is 2. The van der Waals surface area contributed by atoms with Crippen molar-refractivity contribution < 1.29 is 0 Å². The van der Waals surface area contributed by atoms with Gasteiger partial charge in [0.2, 0.25) is 0 Å². The van der Waals surface area contributed by atoms with Crippen LogP contribution in [0.15, 0.2) is 42.5 Å². The number of hydrogen-bond donors (Lipinski definition) is 1. The number of nitrogens with two attached hydrogens (primary N) is 1. The minimum absolute atomic E-state index is 0.224. The molecule has 1 unspecified atom stereocenters. The number of aromatic nitrogens is 1. The van der Waals surface area contributed by atoms with E-state index in [1.807, 2.05) is 49.4 Å². The summed E-state index contributed by atoms with van der Waals surface area (Å²) in [6.07, 6.45) is 0. The fraction of sp³-hybridized carbons (Fsp3) is 0.154. The monoisotopic (exact) mass is 232 g/mol. The SMILES string of the molecule is Cc1cccc(C(N)c2cccc(Cl)c2)n1.